The average Bonchev–Trinajstić information content (AvgIpc) is 2.71. The van der Waals surface area contributed by atoms with Gasteiger partial charge in [-0.2, -0.15) is 0 Å². The Hall–Kier alpha value is -1.38. The Balaban J connectivity index is 1.67. The van der Waals surface area contributed by atoms with E-state index in [1.165, 1.54) is 25.7 Å². The molecule has 0 saturated heterocycles. The molecule has 0 saturated carbocycles. The summed E-state index contributed by atoms with van der Waals surface area (Å²) < 4.78 is 0. The lowest BCUT2D eigenvalue weighted by atomic mass is 9.60. The van der Waals surface area contributed by atoms with Gasteiger partial charge in [0.2, 0.25) is 0 Å². The van der Waals surface area contributed by atoms with Crippen LogP contribution >= 0.6 is 0 Å². The van der Waals surface area contributed by atoms with Crippen molar-refractivity contribution in [1.29, 1.82) is 0 Å². The SMILES string of the molecule is CC1C=CC(C2=CC(C)(C3C=CC=CC3)C(N)CC2)C(C)(NC2(C)C=CCCC2)C1. The first-order valence-corrected chi connectivity index (χ1v) is 12.2. The van der Waals surface area contributed by atoms with Crippen molar-refractivity contribution in [3.8, 4) is 0 Å². The van der Waals surface area contributed by atoms with Crippen LogP contribution in [0.2, 0.25) is 0 Å². The first-order valence-electron chi connectivity index (χ1n) is 12.2. The van der Waals surface area contributed by atoms with Gasteiger partial charge in [0.1, 0.15) is 0 Å². The van der Waals surface area contributed by atoms with E-state index in [0.717, 1.165) is 19.3 Å². The molecule has 7 unspecified atom stereocenters. The number of hydrogen-bond acceptors (Lipinski definition) is 2. The summed E-state index contributed by atoms with van der Waals surface area (Å²) in [5.74, 6) is 1.55. The highest BCUT2D eigenvalue weighted by Gasteiger charge is 2.46. The second-order valence-electron chi connectivity index (χ2n) is 11.2. The van der Waals surface area contributed by atoms with Gasteiger partial charge in [-0.15, -0.1) is 0 Å². The Morgan fingerprint density at radius 2 is 1.90 bits per heavy atom. The molecule has 0 amide bonds. The lowest BCUT2D eigenvalue weighted by molar-refractivity contribution is 0.166. The van der Waals surface area contributed by atoms with Crippen molar-refractivity contribution in [3.05, 3.63) is 60.3 Å². The average molecular weight is 407 g/mol. The van der Waals surface area contributed by atoms with E-state index in [9.17, 15) is 0 Å². The Bertz CT molecular complexity index is 786. The van der Waals surface area contributed by atoms with E-state index in [1.54, 1.807) is 5.57 Å². The first-order chi connectivity index (χ1) is 14.2. The van der Waals surface area contributed by atoms with Crippen LogP contribution in [0.1, 0.15) is 72.6 Å². The van der Waals surface area contributed by atoms with E-state index >= 15 is 0 Å². The smallest absolute Gasteiger partial charge is 0.0340 e. The van der Waals surface area contributed by atoms with Gasteiger partial charge in [0.15, 0.2) is 0 Å². The van der Waals surface area contributed by atoms with Gasteiger partial charge in [-0.1, -0.05) is 74.1 Å². The van der Waals surface area contributed by atoms with Crippen LogP contribution in [-0.4, -0.2) is 17.1 Å². The third-order valence-corrected chi connectivity index (χ3v) is 8.41. The summed E-state index contributed by atoms with van der Waals surface area (Å²) in [5, 5.41) is 4.17. The van der Waals surface area contributed by atoms with Crippen LogP contribution in [0.15, 0.2) is 60.3 Å². The van der Waals surface area contributed by atoms with Gasteiger partial charge in [0.25, 0.3) is 0 Å². The molecule has 0 aliphatic heterocycles. The van der Waals surface area contributed by atoms with Crippen LogP contribution in [0, 0.1) is 23.2 Å². The minimum atomic E-state index is 0.0291. The van der Waals surface area contributed by atoms with Gasteiger partial charge in [-0.05, 0) is 70.6 Å². The quantitative estimate of drug-likeness (QED) is 0.543. The summed E-state index contributed by atoms with van der Waals surface area (Å²) in [7, 11) is 0. The molecule has 0 aromatic heterocycles. The van der Waals surface area contributed by atoms with Gasteiger partial charge in [-0.3, -0.25) is 0 Å². The lowest BCUT2D eigenvalue weighted by Crippen LogP contribution is -2.60. The summed E-state index contributed by atoms with van der Waals surface area (Å²) >= 11 is 0. The van der Waals surface area contributed by atoms with Gasteiger partial charge in [0.05, 0.1) is 0 Å². The zero-order valence-corrected chi connectivity index (χ0v) is 19.5. The Morgan fingerprint density at radius 3 is 2.60 bits per heavy atom. The van der Waals surface area contributed by atoms with Crippen molar-refractivity contribution in [2.75, 3.05) is 0 Å². The fraction of sp³-hybridized carbons (Fsp3) is 0.643. The maximum atomic E-state index is 6.75. The summed E-state index contributed by atoms with van der Waals surface area (Å²) in [6.07, 6.45) is 29.6. The third-order valence-electron chi connectivity index (χ3n) is 8.41. The molecule has 0 radical (unpaired) electrons. The highest BCUT2D eigenvalue weighted by Crippen LogP contribution is 2.48. The molecule has 0 aromatic carbocycles. The molecule has 30 heavy (non-hydrogen) atoms. The molecule has 2 nitrogen and oxygen atoms in total. The fourth-order valence-electron chi connectivity index (χ4n) is 6.69. The van der Waals surface area contributed by atoms with E-state index < -0.39 is 0 Å². The lowest BCUT2D eigenvalue weighted by Gasteiger charge is -2.51. The number of nitrogens with one attached hydrogen (secondary N) is 1. The van der Waals surface area contributed by atoms with E-state index in [2.05, 4.69) is 87.7 Å². The van der Waals surface area contributed by atoms with Crippen molar-refractivity contribution >= 4 is 0 Å². The Labute approximate surface area is 184 Å². The molecule has 0 fully saturated rings. The second-order valence-corrected chi connectivity index (χ2v) is 11.2. The van der Waals surface area contributed by atoms with E-state index in [-0.39, 0.29) is 22.5 Å². The Kier molecular flexibility index (Phi) is 6.03. The normalized spacial score (nSPS) is 46.1. The zero-order chi connectivity index (χ0) is 21.4. The molecule has 3 N–H and O–H groups in total. The maximum absolute atomic E-state index is 6.75. The summed E-state index contributed by atoms with van der Waals surface area (Å²) in [4.78, 5) is 0. The van der Waals surface area contributed by atoms with Crippen LogP contribution in [0.3, 0.4) is 0 Å². The van der Waals surface area contributed by atoms with Crippen LogP contribution in [-0.2, 0) is 0 Å². The number of rotatable bonds is 4. The molecule has 164 valence electrons. The molecule has 0 bridgehead atoms. The monoisotopic (exact) mass is 406 g/mol. The van der Waals surface area contributed by atoms with E-state index in [4.69, 9.17) is 5.73 Å². The molecule has 2 heteroatoms. The molecular formula is C28H42N2. The fourth-order valence-corrected chi connectivity index (χ4v) is 6.69. The summed E-state index contributed by atoms with van der Waals surface area (Å²) in [5.41, 5.74) is 8.55. The first kappa shape index (κ1) is 21.8. The summed E-state index contributed by atoms with van der Waals surface area (Å²) in [6, 6.07) is 0.229. The maximum Gasteiger partial charge on any atom is 0.0340 e. The molecule has 4 rings (SSSR count). The van der Waals surface area contributed by atoms with E-state index in [0.29, 0.717) is 17.8 Å². The minimum Gasteiger partial charge on any atom is -0.327 e. The molecular weight excluding hydrogens is 364 g/mol. The predicted octanol–water partition coefficient (Wildman–Crippen LogP) is 6.23. The topological polar surface area (TPSA) is 38.0 Å². The Morgan fingerprint density at radius 1 is 1.07 bits per heavy atom. The number of allylic oxidation sites excluding steroid dienone is 6. The molecule has 4 aliphatic rings. The molecule has 7 atom stereocenters. The highest BCUT2D eigenvalue weighted by atomic mass is 15.1. The second kappa shape index (κ2) is 8.28. The standard InChI is InChI=1S/C28H42N2/c1-21-13-15-24(28(4,19-21)30-26(2)17-9-6-10-18-26)22-14-16-25(29)27(3,20-22)23-11-7-5-8-12-23/h5,7-9,11,13,15,17,20-21,23-25,30H,6,10,12,14,16,18-19,29H2,1-4H3. The molecule has 0 aromatic rings. The van der Waals surface area contributed by atoms with Crippen LogP contribution in [0.5, 0.6) is 0 Å². The van der Waals surface area contributed by atoms with E-state index in [1.807, 2.05) is 0 Å². The largest absolute Gasteiger partial charge is 0.327 e. The van der Waals surface area contributed by atoms with Crippen LogP contribution in [0.4, 0.5) is 0 Å². The summed E-state index contributed by atoms with van der Waals surface area (Å²) in [6.45, 7) is 9.62. The number of hydrogen-bond donors (Lipinski definition) is 2. The van der Waals surface area contributed by atoms with Gasteiger partial charge >= 0.3 is 0 Å². The number of nitrogens with two attached hydrogens (primary N) is 1. The minimum absolute atomic E-state index is 0.0291. The molecule has 0 spiro atoms. The van der Waals surface area contributed by atoms with Crippen molar-refractivity contribution in [2.45, 2.75) is 89.8 Å². The van der Waals surface area contributed by atoms with Crippen LogP contribution in [0.25, 0.3) is 0 Å². The van der Waals surface area contributed by atoms with Gasteiger partial charge in [0, 0.05) is 28.5 Å². The molecule has 0 heterocycles. The van der Waals surface area contributed by atoms with Crippen molar-refractivity contribution in [1.82, 2.24) is 5.32 Å². The van der Waals surface area contributed by atoms with Crippen molar-refractivity contribution in [3.63, 3.8) is 0 Å². The molecule has 4 aliphatic carbocycles. The van der Waals surface area contributed by atoms with Crippen molar-refractivity contribution < 1.29 is 0 Å². The van der Waals surface area contributed by atoms with Crippen LogP contribution < -0.4 is 11.1 Å². The highest BCUT2D eigenvalue weighted by molar-refractivity contribution is 5.32. The predicted molar refractivity (Wildman–Crippen MR) is 129 cm³/mol. The zero-order valence-electron chi connectivity index (χ0n) is 19.5. The van der Waals surface area contributed by atoms with Gasteiger partial charge < -0.3 is 11.1 Å². The van der Waals surface area contributed by atoms with Crippen molar-refractivity contribution in [2.24, 2.45) is 28.9 Å². The third kappa shape index (κ3) is 4.18. The van der Waals surface area contributed by atoms with Gasteiger partial charge in [-0.25, -0.2) is 0 Å².